The van der Waals surface area contributed by atoms with E-state index in [9.17, 15) is 0 Å². The van der Waals surface area contributed by atoms with Crippen LogP contribution >= 0.6 is 11.3 Å². The number of hydrogen-bond acceptors (Lipinski definition) is 3. The molecule has 2 rings (SSSR count). The van der Waals surface area contributed by atoms with Crippen molar-refractivity contribution < 1.29 is 0 Å². The van der Waals surface area contributed by atoms with Gasteiger partial charge in [0, 0.05) is 4.88 Å². The first-order valence-corrected chi connectivity index (χ1v) is 7.93. The lowest BCUT2D eigenvalue weighted by atomic mass is 9.63. The lowest BCUT2D eigenvalue weighted by molar-refractivity contribution is 0.0998. The minimum Gasteiger partial charge on any atom is -0.330 e. The van der Waals surface area contributed by atoms with E-state index in [1.807, 2.05) is 5.51 Å². The molecule has 102 valence electrons. The van der Waals surface area contributed by atoms with Crippen molar-refractivity contribution >= 4 is 11.3 Å². The highest BCUT2D eigenvalue weighted by Crippen LogP contribution is 2.46. The molecule has 2 nitrogen and oxygen atoms in total. The van der Waals surface area contributed by atoms with Crippen LogP contribution < -0.4 is 5.73 Å². The van der Waals surface area contributed by atoms with Gasteiger partial charge in [0.2, 0.25) is 0 Å². The maximum absolute atomic E-state index is 6.09. The monoisotopic (exact) mass is 266 g/mol. The van der Waals surface area contributed by atoms with Crippen LogP contribution in [0.2, 0.25) is 0 Å². The van der Waals surface area contributed by atoms with Gasteiger partial charge in [-0.05, 0) is 62.8 Å². The largest absolute Gasteiger partial charge is 0.330 e. The fourth-order valence-electron chi connectivity index (χ4n) is 2.96. The van der Waals surface area contributed by atoms with Crippen molar-refractivity contribution in [2.24, 2.45) is 16.6 Å². The molecule has 0 aromatic carbocycles. The summed E-state index contributed by atoms with van der Waals surface area (Å²) in [5.74, 6) is 0. The summed E-state index contributed by atoms with van der Waals surface area (Å²) in [6.07, 6.45) is 7.65. The van der Waals surface area contributed by atoms with Crippen LogP contribution in [0.25, 0.3) is 0 Å². The second kappa shape index (κ2) is 5.30. The van der Waals surface area contributed by atoms with E-state index in [4.69, 9.17) is 5.73 Å². The van der Waals surface area contributed by atoms with Gasteiger partial charge in [-0.2, -0.15) is 0 Å². The van der Waals surface area contributed by atoms with E-state index < -0.39 is 0 Å². The van der Waals surface area contributed by atoms with Crippen LogP contribution in [0, 0.1) is 17.8 Å². The Hall–Kier alpha value is -0.410. The van der Waals surface area contributed by atoms with E-state index in [2.05, 4.69) is 25.8 Å². The van der Waals surface area contributed by atoms with E-state index in [0.717, 1.165) is 13.0 Å². The van der Waals surface area contributed by atoms with Crippen molar-refractivity contribution in [2.45, 2.75) is 59.3 Å². The van der Waals surface area contributed by atoms with Crippen molar-refractivity contribution in [2.75, 3.05) is 6.54 Å². The molecule has 0 spiro atoms. The van der Waals surface area contributed by atoms with Crippen LogP contribution in [0.5, 0.6) is 0 Å². The highest BCUT2D eigenvalue weighted by Gasteiger charge is 2.37. The van der Waals surface area contributed by atoms with Crippen LogP contribution in [-0.2, 0) is 6.42 Å². The number of hydrogen-bond donors (Lipinski definition) is 1. The molecule has 18 heavy (non-hydrogen) atoms. The summed E-state index contributed by atoms with van der Waals surface area (Å²) in [5, 5.41) is 0. The molecular weight excluding hydrogens is 240 g/mol. The molecule has 1 aromatic rings. The summed E-state index contributed by atoms with van der Waals surface area (Å²) in [6.45, 7) is 7.74. The summed E-state index contributed by atoms with van der Waals surface area (Å²) in [5.41, 5.74) is 10.2. The van der Waals surface area contributed by atoms with Gasteiger partial charge in [-0.15, -0.1) is 11.3 Å². The SMILES string of the molecule is Cc1ncsc1CCC1(CN)CCC(C)(C)CC1. The van der Waals surface area contributed by atoms with E-state index in [-0.39, 0.29) is 0 Å². The number of nitrogens with zero attached hydrogens (tertiary/aromatic N) is 1. The van der Waals surface area contributed by atoms with Crippen LogP contribution in [0.1, 0.15) is 56.5 Å². The Bertz CT molecular complexity index is 385. The lowest BCUT2D eigenvalue weighted by Gasteiger charge is -2.43. The number of rotatable bonds is 4. The second-order valence-electron chi connectivity index (χ2n) is 6.73. The summed E-state index contributed by atoms with van der Waals surface area (Å²) in [6, 6.07) is 0. The highest BCUT2D eigenvalue weighted by molar-refractivity contribution is 7.09. The maximum Gasteiger partial charge on any atom is 0.0797 e. The minimum atomic E-state index is 0.395. The average Bonchev–Trinajstić information content (AvgIpc) is 2.75. The number of aryl methyl sites for hydroxylation is 2. The Morgan fingerprint density at radius 3 is 2.44 bits per heavy atom. The zero-order chi connectivity index (χ0) is 13.2. The minimum absolute atomic E-state index is 0.395. The van der Waals surface area contributed by atoms with Gasteiger partial charge in [0.1, 0.15) is 0 Å². The first-order valence-electron chi connectivity index (χ1n) is 7.05. The van der Waals surface area contributed by atoms with Crippen LogP contribution in [0.3, 0.4) is 0 Å². The third kappa shape index (κ3) is 3.12. The Morgan fingerprint density at radius 2 is 1.94 bits per heavy atom. The van der Waals surface area contributed by atoms with Crippen LogP contribution in [-0.4, -0.2) is 11.5 Å². The highest BCUT2D eigenvalue weighted by atomic mass is 32.1. The molecule has 0 amide bonds. The van der Waals surface area contributed by atoms with Gasteiger partial charge in [0.15, 0.2) is 0 Å². The normalized spacial score (nSPS) is 22.0. The van der Waals surface area contributed by atoms with Gasteiger partial charge in [0.25, 0.3) is 0 Å². The molecule has 0 unspecified atom stereocenters. The third-order valence-corrected chi connectivity index (χ3v) is 5.82. The first-order chi connectivity index (χ1) is 8.46. The predicted octanol–water partition coefficient (Wildman–Crippen LogP) is 3.93. The maximum atomic E-state index is 6.09. The van der Waals surface area contributed by atoms with Gasteiger partial charge >= 0.3 is 0 Å². The molecule has 1 aliphatic rings. The Kier molecular flexibility index (Phi) is 4.12. The Labute approximate surface area is 115 Å². The van der Waals surface area contributed by atoms with E-state index in [0.29, 0.717) is 10.8 Å². The topological polar surface area (TPSA) is 38.9 Å². The van der Waals surface area contributed by atoms with Crippen LogP contribution in [0.4, 0.5) is 0 Å². The van der Waals surface area contributed by atoms with Crippen LogP contribution in [0.15, 0.2) is 5.51 Å². The van der Waals surface area contributed by atoms with Gasteiger partial charge in [-0.25, -0.2) is 4.98 Å². The van der Waals surface area contributed by atoms with Gasteiger partial charge in [-0.3, -0.25) is 0 Å². The molecule has 1 aliphatic carbocycles. The number of nitrogens with two attached hydrogens (primary N) is 1. The van der Waals surface area contributed by atoms with E-state index >= 15 is 0 Å². The fourth-order valence-corrected chi connectivity index (χ4v) is 3.74. The summed E-state index contributed by atoms with van der Waals surface area (Å²) in [7, 11) is 0. The van der Waals surface area contributed by atoms with Gasteiger partial charge in [0.05, 0.1) is 11.2 Å². The molecule has 1 aromatic heterocycles. The van der Waals surface area contributed by atoms with Crippen molar-refractivity contribution in [3.05, 3.63) is 16.1 Å². The number of thiazole rings is 1. The smallest absolute Gasteiger partial charge is 0.0797 e. The van der Waals surface area contributed by atoms with Crippen molar-refractivity contribution in [1.29, 1.82) is 0 Å². The molecule has 1 heterocycles. The predicted molar refractivity (Wildman–Crippen MR) is 78.9 cm³/mol. The molecule has 0 atom stereocenters. The molecule has 0 saturated heterocycles. The molecule has 0 radical (unpaired) electrons. The van der Waals surface area contributed by atoms with Gasteiger partial charge in [-0.1, -0.05) is 13.8 Å². The standard InChI is InChI=1S/C15H26N2S/c1-12-13(18-11-17-12)4-5-15(10-16)8-6-14(2,3)7-9-15/h11H,4-10,16H2,1-3H3. The quantitative estimate of drug-likeness (QED) is 0.897. The van der Waals surface area contributed by atoms with Crippen molar-refractivity contribution in [3.63, 3.8) is 0 Å². The summed E-state index contributed by atoms with van der Waals surface area (Å²) < 4.78 is 0. The molecule has 1 saturated carbocycles. The fraction of sp³-hybridized carbons (Fsp3) is 0.800. The molecule has 0 aliphatic heterocycles. The molecule has 0 bridgehead atoms. The molecule has 2 N–H and O–H groups in total. The zero-order valence-electron chi connectivity index (χ0n) is 12.0. The Balaban J connectivity index is 1.96. The third-order valence-electron chi connectivity index (χ3n) is 4.82. The van der Waals surface area contributed by atoms with Gasteiger partial charge < -0.3 is 5.73 Å². The average molecular weight is 266 g/mol. The van der Waals surface area contributed by atoms with Crippen molar-refractivity contribution in [3.8, 4) is 0 Å². The second-order valence-corrected chi connectivity index (χ2v) is 7.67. The van der Waals surface area contributed by atoms with Crippen molar-refractivity contribution in [1.82, 2.24) is 4.98 Å². The Morgan fingerprint density at radius 1 is 1.28 bits per heavy atom. The first kappa shape index (κ1) is 14.0. The molecular formula is C15H26N2S. The summed E-state index contributed by atoms with van der Waals surface area (Å²) >= 11 is 1.80. The molecule has 3 heteroatoms. The number of aromatic nitrogens is 1. The zero-order valence-corrected chi connectivity index (χ0v) is 12.8. The molecule has 1 fully saturated rings. The van der Waals surface area contributed by atoms with E-state index in [1.54, 1.807) is 11.3 Å². The van der Waals surface area contributed by atoms with E-state index in [1.165, 1.54) is 42.7 Å². The lowest BCUT2D eigenvalue weighted by Crippen LogP contribution is -2.37. The summed E-state index contributed by atoms with van der Waals surface area (Å²) in [4.78, 5) is 5.79.